The van der Waals surface area contributed by atoms with E-state index in [4.69, 9.17) is 14.6 Å². The minimum atomic E-state index is -0.614. The van der Waals surface area contributed by atoms with E-state index in [1.165, 1.54) is 7.11 Å². The fourth-order valence-electron chi connectivity index (χ4n) is 1.59. The summed E-state index contributed by atoms with van der Waals surface area (Å²) in [7, 11) is 1.51. The monoisotopic (exact) mass is 176 g/mol. The first-order valence-corrected chi connectivity index (χ1v) is 4.21. The molecule has 0 aromatic rings. The Morgan fingerprint density at radius 2 is 2.08 bits per heavy atom. The molecule has 0 spiro atoms. The summed E-state index contributed by atoms with van der Waals surface area (Å²) in [5.41, 5.74) is 0. The normalized spacial score (nSPS) is 42.0. The average molecular weight is 176 g/mol. The summed E-state index contributed by atoms with van der Waals surface area (Å²) in [6.45, 7) is 1.83. The molecule has 0 aromatic heterocycles. The van der Waals surface area contributed by atoms with Crippen molar-refractivity contribution in [3.8, 4) is 0 Å². The van der Waals surface area contributed by atoms with E-state index in [1.54, 1.807) is 0 Å². The molecular formula is C8H16O4. The quantitative estimate of drug-likeness (QED) is 0.610. The average Bonchev–Trinajstić information content (AvgIpc) is 2.41. The maximum atomic E-state index is 9.59. The molecule has 4 nitrogen and oxygen atoms in total. The van der Waals surface area contributed by atoms with Gasteiger partial charge in [-0.3, -0.25) is 0 Å². The standard InChI is InChI=1S/C8H16O4/c1-3-5-7(10)8(11-2)6(4-9)12-5/h5-10H,3-4H2,1-2H3/t5-,6+,7+,8?/m0/s1. The highest BCUT2D eigenvalue weighted by Gasteiger charge is 2.42. The lowest BCUT2D eigenvalue weighted by molar-refractivity contribution is -0.0362. The summed E-state index contributed by atoms with van der Waals surface area (Å²) < 4.78 is 10.4. The summed E-state index contributed by atoms with van der Waals surface area (Å²) >= 11 is 0. The van der Waals surface area contributed by atoms with Gasteiger partial charge in [0.15, 0.2) is 0 Å². The van der Waals surface area contributed by atoms with Gasteiger partial charge >= 0.3 is 0 Å². The molecule has 0 bridgehead atoms. The zero-order chi connectivity index (χ0) is 9.14. The van der Waals surface area contributed by atoms with Crippen LogP contribution in [0.3, 0.4) is 0 Å². The molecule has 1 unspecified atom stereocenters. The SMILES string of the molecule is CC[C@@H]1O[C@H](CO)C(OC)[C@@H]1O. The van der Waals surface area contributed by atoms with Crippen LogP contribution in [-0.2, 0) is 9.47 Å². The Kier molecular flexibility index (Phi) is 3.46. The van der Waals surface area contributed by atoms with Crippen molar-refractivity contribution in [2.75, 3.05) is 13.7 Å². The second-order valence-electron chi connectivity index (χ2n) is 2.99. The first-order valence-electron chi connectivity index (χ1n) is 4.21. The fourth-order valence-corrected chi connectivity index (χ4v) is 1.59. The Bertz CT molecular complexity index is 137. The van der Waals surface area contributed by atoms with Crippen LogP contribution in [0.15, 0.2) is 0 Å². The van der Waals surface area contributed by atoms with E-state index in [0.717, 1.165) is 6.42 Å². The molecule has 0 aliphatic carbocycles. The Hall–Kier alpha value is -0.160. The molecule has 0 amide bonds. The highest BCUT2D eigenvalue weighted by molar-refractivity contribution is 4.90. The molecular weight excluding hydrogens is 160 g/mol. The minimum Gasteiger partial charge on any atom is -0.394 e. The van der Waals surface area contributed by atoms with Crippen LogP contribution in [0.1, 0.15) is 13.3 Å². The second kappa shape index (κ2) is 4.18. The highest BCUT2D eigenvalue weighted by Crippen LogP contribution is 2.24. The lowest BCUT2D eigenvalue weighted by Gasteiger charge is -2.16. The summed E-state index contributed by atoms with van der Waals surface area (Å²) in [6, 6.07) is 0. The van der Waals surface area contributed by atoms with Gasteiger partial charge in [0.2, 0.25) is 0 Å². The van der Waals surface area contributed by atoms with E-state index in [-0.39, 0.29) is 24.9 Å². The van der Waals surface area contributed by atoms with Gasteiger partial charge in [0.1, 0.15) is 18.3 Å². The molecule has 1 aliphatic rings. The molecule has 0 radical (unpaired) electrons. The Morgan fingerprint density at radius 3 is 2.42 bits per heavy atom. The Morgan fingerprint density at radius 1 is 1.42 bits per heavy atom. The number of ether oxygens (including phenoxy) is 2. The third-order valence-electron chi connectivity index (χ3n) is 2.29. The van der Waals surface area contributed by atoms with Crippen LogP contribution < -0.4 is 0 Å². The van der Waals surface area contributed by atoms with Crippen LogP contribution in [0.5, 0.6) is 0 Å². The van der Waals surface area contributed by atoms with Crippen LogP contribution in [-0.4, -0.2) is 48.3 Å². The lowest BCUT2D eigenvalue weighted by Crippen LogP contribution is -2.35. The Balaban J connectivity index is 2.58. The number of hydrogen-bond acceptors (Lipinski definition) is 4. The molecule has 1 aliphatic heterocycles. The van der Waals surface area contributed by atoms with Crippen molar-refractivity contribution in [1.29, 1.82) is 0 Å². The van der Waals surface area contributed by atoms with Crippen molar-refractivity contribution in [3.05, 3.63) is 0 Å². The van der Waals surface area contributed by atoms with Crippen LogP contribution in [0.25, 0.3) is 0 Å². The molecule has 4 atom stereocenters. The van der Waals surface area contributed by atoms with Gasteiger partial charge < -0.3 is 19.7 Å². The predicted octanol–water partition coefficient (Wildman–Crippen LogP) is -0.468. The summed E-state index contributed by atoms with van der Waals surface area (Å²) in [5.74, 6) is 0. The van der Waals surface area contributed by atoms with Gasteiger partial charge in [-0.15, -0.1) is 0 Å². The molecule has 0 aromatic carbocycles. The van der Waals surface area contributed by atoms with E-state index < -0.39 is 6.10 Å². The number of aliphatic hydroxyl groups excluding tert-OH is 2. The Labute approximate surface area is 72.1 Å². The van der Waals surface area contributed by atoms with Crippen molar-refractivity contribution in [1.82, 2.24) is 0 Å². The van der Waals surface area contributed by atoms with Crippen molar-refractivity contribution in [2.24, 2.45) is 0 Å². The maximum Gasteiger partial charge on any atom is 0.114 e. The van der Waals surface area contributed by atoms with Crippen LogP contribution in [0, 0.1) is 0 Å². The maximum absolute atomic E-state index is 9.59. The van der Waals surface area contributed by atoms with Gasteiger partial charge in [-0.05, 0) is 6.42 Å². The van der Waals surface area contributed by atoms with Crippen molar-refractivity contribution in [2.45, 2.75) is 37.8 Å². The number of rotatable bonds is 3. The molecule has 1 fully saturated rings. The van der Waals surface area contributed by atoms with Crippen LogP contribution in [0.4, 0.5) is 0 Å². The molecule has 1 heterocycles. The van der Waals surface area contributed by atoms with Gasteiger partial charge in [0, 0.05) is 7.11 Å². The minimum absolute atomic E-state index is 0.105. The van der Waals surface area contributed by atoms with Crippen molar-refractivity contribution >= 4 is 0 Å². The molecule has 0 saturated carbocycles. The number of hydrogen-bond donors (Lipinski definition) is 2. The summed E-state index contributed by atoms with van der Waals surface area (Å²) in [4.78, 5) is 0. The largest absolute Gasteiger partial charge is 0.394 e. The summed E-state index contributed by atoms with van der Waals surface area (Å²) in [6.07, 6.45) is -0.850. The van der Waals surface area contributed by atoms with E-state index in [1.807, 2.05) is 6.92 Å². The van der Waals surface area contributed by atoms with E-state index >= 15 is 0 Å². The fraction of sp³-hybridized carbons (Fsp3) is 1.00. The number of methoxy groups -OCH3 is 1. The van der Waals surface area contributed by atoms with Gasteiger partial charge in [0.25, 0.3) is 0 Å². The van der Waals surface area contributed by atoms with Crippen LogP contribution >= 0.6 is 0 Å². The summed E-state index contributed by atoms with van der Waals surface area (Å²) in [5, 5.41) is 18.5. The topological polar surface area (TPSA) is 58.9 Å². The van der Waals surface area contributed by atoms with E-state index in [2.05, 4.69) is 0 Å². The van der Waals surface area contributed by atoms with Gasteiger partial charge in [-0.25, -0.2) is 0 Å². The number of aliphatic hydroxyl groups is 2. The predicted molar refractivity (Wildman–Crippen MR) is 42.8 cm³/mol. The zero-order valence-electron chi connectivity index (χ0n) is 7.43. The molecule has 4 heteroatoms. The lowest BCUT2D eigenvalue weighted by atomic mass is 10.1. The van der Waals surface area contributed by atoms with Crippen LogP contribution in [0.2, 0.25) is 0 Å². The van der Waals surface area contributed by atoms with E-state index in [9.17, 15) is 5.11 Å². The molecule has 2 N–H and O–H groups in total. The third kappa shape index (κ3) is 1.61. The zero-order valence-corrected chi connectivity index (χ0v) is 7.43. The van der Waals surface area contributed by atoms with Crippen molar-refractivity contribution < 1.29 is 19.7 Å². The molecule has 12 heavy (non-hydrogen) atoms. The second-order valence-corrected chi connectivity index (χ2v) is 2.99. The molecule has 1 saturated heterocycles. The van der Waals surface area contributed by atoms with Gasteiger partial charge in [-0.1, -0.05) is 6.92 Å². The first-order chi connectivity index (χ1) is 5.74. The molecule has 72 valence electrons. The van der Waals surface area contributed by atoms with Crippen molar-refractivity contribution in [3.63, 3.8) is 0 Å². The first kappa shape index (κ1) is 9.92. The van der Waals surface area contributed by atoms with E-state index in [0.29, 0.717) is 0 Å². The highest BCUT2D eigenvalue weighted by atomic mass is 16.6. The van der Waals surface area contributed by atoms with Gasteiger partial charge in [-0.2, -0.15) is 0 Å². The smallest absolute Gasteiger partial charge is 0.114 e. The molecule has 1 rings (SSSR count). The van der Waals surface area contributed by atoms with Gasteiger partial charge in [0.05, 0.1) is 12.7 Å². The third-order valence-corrected chi connectivity index (χ3v) is 2.29.